The van der Waals surface area contributed by atoms with Crippen LogP contribution in [0.2, 0.25) is 0 Å². The molecule has 1 N–H and O–H groups in total. The summed E-state index contributed by atoms with van der Waals surface area (Å²) in [5.74, 6) is 0. The summed E-state index contributed by atoms with van der Waals surface area (Å²) in [6.45, 7) is 5.56. The zero-order valence-corrected chi connectivity index (χ0v) is 10.5. The van der Waals surface area contributed by atoms with Crippen molar-refractivity contribution in [2.45, 2.75) is 26.4 Å². The van der Waals surface area contributed by atoms with Gasteiger partial charge in [0.05, 0.1) is 13.2 Å². The van der Waals surface area contributed by atoms with Crippen LogP contribution in [-0.4, -0.2) is 30.0 Å². The van der Waals surface area contributed by atoms with E-state index in [1.165, 1.54) is 4.90 Å². The quantitative estimate of drug-likeness (QED) is 0.878. The number of hydrogen-bond donors (Lipinski definition) is 1. The summed E-state index contributed by atoms with van der Waals surface area (Å²) >= 11 is 0. The van der Waals surface area contributed by atoms with E-state index >= 15 is 0 Å². The van der Waals surface area contributed by atoms with Crippen molar-refractivity contribution in [1.82, 2.24) is 0 Å². The van der Waals surface area contributed by atoms with Gasteiger partial charge in [-0.15, -0.1) is 0 Å². The first kappa shape index (κ1) is 13.5. The van der Waals surface area contributed by atoms with Crippen molar-refractivity contribution in [1.29, 1.82) is 0 Å². The molecule has 0 heterocycles. The molecule has 0 aliphatic rings. The maximum Gasteiger partial charge on any atom is 0.414 e. The highest BCUT2D eigenvalue weighted by molar-refractivity contribution is 5.87. The number of para-hydroxylation sites is 1. The molecule has 17 heavy (non-hydrogen) atoms. The Morgan fingerprint density at radius 3 is 2.35 bits per heavy atom. The minimum absolute atomic E-state index is 0.103. The van der Waals surface area contributed by atoms with Crippen LogP contribution in [0.5, 0.6) is 0 Å². The first-order valence-electron chi connectivity index (χ1n) is 5.60. The topological polar surface area (TPSA) is 49.8 Å². The van der Waals surface area contributed by atoms with Gasteiger partial charge in [0, 0.05) is 5.69 Å². The molecular formula is C13H19NO3. The van der Waals surface area contributed by atoms with Crippen LogP contribution in [0.15, 0.2) is 30.3 Å². The largest absolute Gasteiger partial charge is 0.443 e. The molecule has 1 aromatic carbocycles. The third-order valence-corrected chi connectivity index (χ3v) is 2.01. The standard InChI is InChI=1S/C13H19NO3/c1-13(2,3)17-12(16)14(9-10-15)11-7-5-4-6-8-11/h4-8,15H,9-10H2,1-3H3. The van der Waals surface area contributed by atoms with Crippen molar-refractivity contribution in [2.75, 3.05) is 18.1 Å². The fraction of sp³-hybridized carbons (Fsp3) is 0.462. The molecule has 0 atom stereocenters. The Labute approximate surface area is 102 Å². The summed E-state index contributed by atoms with van der Waals surface area (Å²) in [6.07, 6.45) is -0.447. The molecule has 94 valence electrons. The lowest BCUT2D eigenvalue weighted by Gasteiger charge is -2.26. The van der Waals surface area contributed by atoms with Crippen LogP contribution in [0.25, 0.3) is 0 Å². The molecule has 0 saturated carbocycles. The van der Waals surface area contributed by atoms with E-state index in [0.717, 1.165) is 5.69 Å². The van der Waals surface area contributed by atoms with Crippen LogP contribution in [0.4, 0.5) is 10.5 Å². The van der Waals surface area contributed by atoms with Gasteiger partial charge in [-0.1, -0.05) is 18.2 Å². The number of rotatable bonds is 3. The lowest BCUT2D eigenvalue weighted by atomic mass is 10.2. The first-order valence-corrected chi connectivity index (χ1v) is 5.60. The molecule has 0 aromatic heterocycles. The summed E-state index contributed by atoms with van der Waals surface area (Å²) in [6, 6.07) is 9.16. The minimum atomic E-state index is -0.542. The monoisotopic (exact) mass is 237 g/mol. The van der Waals surface area contributed by atoms with Gasteiger partial charge in [0.1, 0.15) is 5.60 Å². The molecule has 1 rings (SSSR count). The number of amides is 1. The van der Waals surface area contributed by atoms with Gasteiger partial charge in [-0.3, -0.25) is 4.90 Å². The van der Waals surface area contributed by atoms with E-state index in [4.69, 9.17) is 9.84 Å². The molecule has 1 amide bonds. The molecule has 0 bridgehead atoms. The maximum atomic E-state index is 11.9. The Hall–Kier alpha value is -1.55. The number of hydrogen-bond acceptors (Lipinski definition) is 3. The van der Waals surface area contributed by atoms with E-state index < -0.39 is 11.7 Å². The van der Waals surface area contributed by atoms with Gasteiger partial charge < -0.3 is 9.84 Å². The molecule has 0 aliphatic carbocycles. The van der Waals surface area contributed by atoms with Crippen molar-refractivity contribution >= 4 is 11.8 Å². The minimum Gasteiger partial charge on any atom is -0.443 e. The number of anilines is 1. The second-order valence-corrected chi connectivity index (χ2v) is 4.69. The molecule has 1 aromatic rings. The molecule has 0 unspecified atom stereocenters. The average molecular weight is 237 g/mol. The van der Waals surface area contributed by atoms with Gasteiger partial charge in [0.2, 0.25) is 0 Å². The van der Waals surface area contributed by atoms with Crippen LogP contribution in [0.3, 0.4) is 0 Å². The molecule has 0 aliphatic heterocycles. The summed E-state index contributed by atoms with van der Waals surface area (Å²) in [5.41, 5.74) is 0.176. The predicted molar refractivity (Wildman–Crippen MR) is 67.1 cm³/mol. The zero-order valence-electron chi connectivity index (χ0n) is 10.5. The van der Waals surface area contributed by atoms with Crippen LogP contribution in [-0.2, 0) is 4.74 Å². The molecular weight excluding hydrogens is 218 g/mol. The number of aliphatic hydroxyl groups excluding tert-OH is 1. The highest BCUT2D eigenvalue weighted by Gasteiger charge is 2.22. The van der Waals surface area contributed by atoms with Crippen molar-refractivity contribution in [3.8, 4) is 0 Å². The van der Waals surface area contributed by atoms with E-state index in [0.29, 0.717) is 0 Å². The van der Waals surface area contributed by atoms with Crippen molar-refractivity contribution in [3.63, 3.8) is 0 Å². The fourth-order valence-corrected chi connectivity index (χ4v) is 1.35. The second kappa shape index (κ2) is 5.68. The smallest absolute Gasteiger partial charge is 0.414 e. The van der Waals surface area contributed by atoms with Gasteiger partial charge >= 0.3 is 6.09 Å². The highest BCUT2D eigenvalue weighted by atomic mass is 16.6. The van der Waals surface area contributed by atoms with Crippen LogP contribution in [0.1, 0.15) is 20.8 Å². The molecule has 0 radical (unpaired) electrons. The third-order valence-electron chi connectivity index (χ3n) is 2.01. The van der Waals surface area contributed by atoms with Gasteiger partial charge in [-0.25, -0.2) is 4.79 Å². The number of aliphatic hydroxyl groups is 1. The van der Waals surface area contributed by atoms with Crippen molar-refractivity contribution in [3.05, 3.63) is 30.3 Å². The summed E-state index contributed by atoms with van der Waals surface area (Å²) < 4.78 is 5.28. The summed E-state index contributed by atoms with van der Waals surface area (Å²) in [7, 11) is 0. The first-order chi connectivity index (χ1) is 7.94. The molecule has 4 heteroatoms. The molecule has 0 saturated heterocycles. The number of carbonyl (C=O) groups excluding carboxylic acids is 1. The Morgan fingerprint density at radius 1 is 1.29 bits per heavy atom. The molecule has 0 spiro atoms. The molecule has 4 nitrogen and oxygen atoms in total. The summed E-state index contributed by atoms with van der Waals surface area (Å²) in [4.78, 5) is 13.4. The normalized spacial score (nSPS) is 11.1. The summed E-state index contributed by atoms with van der Waals surface area (Å²) in [5, 5.41) is 9.00. The maximum absolute atomic E-state index is 11.9. The van der Waals surface area contributed by atoms with E-state index in [9.17, 15) is 4.79 Å². The van der Waals surface area contributed by atoms with Crippen LogP contribution >= 0.6 is 0 Å². The number of carbonyl (C=O) groups is 1. The second-order valence-electron chi connectivity index (χ2n) is 4.69. The van der Waals surface area contributed by atoms with Crippen LogP contribution in [0, 0.1) is 0 Å². The van der Waals surface area contributed by atoms with Gasteiger partial charge in [0.15, 0.2) is 0 Å². The van der Waals surface area contributed by atoms with Gasteiger partial charge in [0.25, 0.3) is 0 Å². The van der Waals surface area contributed by atoms with Gasteiger partial charge in [-0.2, -0.15) is 0 Å². The number of ether oxygens (including phenoxy) is 1. The van der Waals surface area contributed by atoms with Crippen molar-refractivity contribution < 1.29 is 14.6 Å². The lowest BCUT2D eigenvalue weighted by Crippen LogP contribution is -2.38. The average Bonchev–Trinajstić information content (AvgIpc) is 2.24. The van der Waals surface area contributed by atoms with E-state index in [1.54, 1.807) is 12.1 Å². The zero-order chi connectivity index (χ0) is 12.9. The SMILES string of the molecule is CC(C)(C)OC(=O)N(CCO)c1ccccc1. The van der Waals surface area contributed by atoms with E-state index in [-0.39, 0.29) is 13.2 Å². The number of nitrogens with zero attached hydrogens (tertiary/aromatic N) is 1. The predicted octanol–water partition coefficient (Wildman–Crippen LogP) is 2.42. The highest BCUT2D eigenvalue weighted by Crippen LogP contribution is 2.17. The third kappa shape index (κ3) is 4.44. The molecule has 0 fully saturated rings. The Balaban J connectivity index is 2.83. The number of benzene rings is 1. The van der Waals surface area contributed by atoms with E-state index in [2.05, 4.69) is 0 Å². The Morgan fingerprint density at radius 2 is 1.88 bits per heavy atom. The van der Waals surface area contributed by atoms with Gasteiger partial charge in [-0.05, 0) is 32.9 Å². The van der Waals surface area contributed by atoms with E-state index in [1.807, 2.05) is 39.0 Å². The Bertz CT molecular complexity index is 357. The van der Waals surface area contributed by atoms with Crippen molar-refractivity contribution in [2.24, 2.45) is 0 Å². The lowest BCUT2D eigenvalue weighted by molar-refractivity contribution is 0.0573. The van der Waals surface area contributed by atoms with Crippen LogP contribution < -0.4 is 4.90 Å². The Kier molecular flexibility index (Phi) is 4.52. The fourth-order valence-electron chi connectivity index (χ4n) is 1.35.